The van der Waals surface area contributed by atoms with E-state index in [-0.39, 0.29) is 11.8 Å². The number of piperazine rings is 1. The van der Waals surface area contributed by atoms with Crippen molar-refractivity contribution in [3.05, 3.63) is 39.8 Å². The molecule has 138 valence electrons. The molecule has 1 aromatic carbocycles. The van der Waals surface area contributed by atoms with E-state index in [9.17, 15) is 9.59 Å². The lowest BCUT2D eigenvalue weighted by Crippen LogP contribution is -2.50. The summed E-state index contributed by atoms with van der Waals surface area (Å²) >= 11 is 1.39. The van der Waals surface area contributed by atoms with Crippen LogP contribution in [0.2, 0.25) is 0 Å². The van der Waals surface area contributed by atoms with Gasteiger partial charge in [-0.05, 0) is 19.1 Å². The number of hydrogen-bond donors (Lipinski definition) is 0. The zero-order valence-electron chi connectivity index (χ0n) is 15.0. The van der Waals surface area contributed by atoms with Crippen molar-refractivity contribution in [1.82, 2.24) is 14.8 Å². The second-order valence-corrected chi connectivity index (χ2v) is 7.16. The Bertz CT molecular complexity index is 790. The molecule has 1 aliphatic heterocycles. The van der Waals surface area contributed by atoms with Crippen LogP contribution >= 0.6 is 11.3 Å². The predicted molar refractivity (Wildman–Crippen MR) is 98.2 cm³/mol. The van der Waals surface area contributed by atoms with Crippen molar-refractivity contribution in [2.45, 2.75) is 6.92 Å². The quantitative estimate of drug-likeness (QED) is 0.818. The van der Waals surface area contributed by atoms with E-state index < -0.39 is 0 Å². The van der Waals surface area contributed by atoms with Crippen LogP contribution in [0, 0.1) is 6.92 Å². The molecule has 0 unspecified atom stereocenters. The molecule has 0 spiro atoms. The summed E-state index contributed by atoms with van der Waals surface area (Å²) in [5.74, 6) is 1.03. The lowest BCUT2D eigenvalue weighted by Gasteiger charge is -2.34. The lowest BCUT2D eigenvalue weighted by atomic mass is 10.1. The molecule has 0 N–H and O–H groups in total. The standard InChI is InChI=1S/C18H21N3O4S/c1-12-19-11-16(26-12)18(23)21-6-4-20(5-7-21)17(22)13-8-14(24-2)10-15(9-13)25-3/h8-11H,4-7H2,1-3H3. The summed E-state index contributed by atoms with van der Waals surface area (Å²) in [4.78, 5) is 33.6. The van der Waals surface area contributed by atoms with Crippen molar-refractivity contribution in [2.24, 2.45) is 0 Å². The van der Waals surface area contributed by atoms with Gasteiger partial charge in [-0.1, -0.05) is 0 Å². The second-order valence-electron chi connectivity index (χ2n) is 5.93. The van der Waals surface area contributed by atoms with Gasteiger partial charge in [-0.15, -0.1) is 11.3 Å². The largest absolute Gasteiger partial charge is 0.497 e. The number of aromatic nitrogens is 1. The van der Waals surface area contributed by atoms with Crippen molar-refractivity contribution in [2.75, 3.05) is 40.4 Å². The molecule has 0 aliphatic carbocycles. The Labute approximate surface area is 156 Å². The van der Waals surface area contributed by atoms with Gasteiger partial charge in [0.1, 0.15) is 16.4 Å². The fourth-order valence-electron chi connectivity index (χ4n) is 2.84. The van der Waals surface area contributed by atoms with Crippen molar-refractivity contribution in [3.63, 3.8) is 0 Å². The molecule has 0 atom stereocenters. The Hall–Kier alpha value is -2.61. The van der Waals surface area contributed by atoms with Crippen molar-refractivity contribution < 1.29 is 19.1 Å². The SMILES string of the molecule is COc1cc(OC)cc(C(=O)N2CCN(C(=O)c3cnc(C)s3)CC2)c1. The molecule has 8 heteroatoms. The van der Waals surface area contributed by atoms with Gasteiger partial charge in [0, 0.05) is 37.8 Å². The van der Waals surface area contributed by atoms with E-state index in [2.05, 4.69) is 4.98 Å². The minimum atomic E-state index is -0.0945. The van der Waals surface area contributed by atoms with Crippen LogP contribution in [-0.4, -0.2) is 67.0 Å². The Morgan fingerprint density at radius 1 is 0.962 bits per heavy atom. The van der Waals surface area contributed by atoms with Crippen LogP contribution in [-0.2, 0) is 0 Å². The number of aryl methyl sites for hydroxylation is 1. The molecule has 1 aromatic heterocycles. The molecule has 7 nitrogen and oxygen atoms in total. The zero-order chi connectivity index (χ0) is 18.7. The topological polar surface area (TPSA) is 72.0 Å². The first-order chi connectivity index (χ1) is 12.5. The average molecular weight is 375 g/mol. The smallest absolute Gasteiger partial charge is 0.265 e. The molecule has 2 heterocycles. The van der Waals surface area contributed by atoms with E-state index in [1.54, 1.807) is 48.4 Å². The van der Waals surface area contributed by atoms with E-state index >= 15 is 0 Å². The number of thiazole rings is 1. The highest BCUT2D eigenvalue weighted by atomic mass is 32.1. The highest BCUT2D eigenvalue weighted by Gasteiger charge is 2.26. The summed E-state index contributed by atoms with van der Waals surface area (Å²) in [6.45, 7) is 3.86. The summed E-state index contributed by atoms with van der Waals surface area (Å²) in [6.07, 6.45) is 1.61. The number of carbonyl (C=O) groups excluding carboxylic acids is 2. The first kappa shape index (κ1) is 18.2. The fourth-order valence-corrected chi connectivity index (χ4v) is 3.59. The minimum absolute atomic E-state index is 0.0225. The van der Waals surface area contributed by atoms with Gasteiger partial charge in [0.05, 0.1) is 25.4 Å². The predicted octanol–water partition coefficient (Wildman–Crippen LogP) is 2.07. The van der Waals surface area contributed by atoms with Crippen molar-refractivity contribution in [3.8, 4) is 11.5 Å². The number of hydrogen-bond acceptors (Lipinski definition) is 6. The summed E-state index contributed by atoms with van der Waals surface area (Å²) in [5, 5.41) is 0.870. The molecular formula is C18H21N3O4S. The van der Waals surface area contributed by atoms with Crippen molar-refractivity contribution >= 4 is 23.2 Å². The molecular weight excluding hydrogens is 354 g/mol. The molecule has 1 aliphatic rings. The summed E-state index contributed by atoms with van der Waals surface area (Å²) in [6, 6.07) is 5.12. The van der Waals surface area contributed by atoms with Crippen LogP contribution in [0.25, 0.3) is 0 Å². The van der Waals surface area contributed by atoms with Crippen molar-refractivity contribution in [1.29, 1.82) is 0 Å². The maximum Gasteiger partial charge on any atom is 0.265 e. The molecule has 0 bridgehead atoms. The van der Waals surface area contributed by atoms with E-state index in [0.29, 0.717) is 48.1 Å². The molecule has 0 saturated carbocycles. The van der Waals surface area contributed by atoms with E-state index in [1.165, 1.54) is 11.3 Å². The Balaban J connectivity index is 1.66. The maximum atomic E-state index is 12.8. The van der Waals surface area contributed by atoms with Gasteiger partial charge in [-0.3, -0.25) is 9.59 Å². The molecule has 0 radical (unpaired) electrons. The van der Waals surface area contributed by atoms with Crippen LogP contribution in [0.3, 0.4) is 0 Å². The van der Waals surface area contributed by atoms with E-state index in [4.69, 9.17) is 9.47 Å². The van der Waals surface area contributed by atoms with E-state index in [1.807, 2.05) is 6.92 Å². The third-order valence-corrected chi connectivity index (χ3v) is 5.19. The van der Waals surface area contributed by atoms with Crippen LogP contribution in [0.1, 0.15) is 25.0 Å². The maximum absolute atomic E-state index is 12.8. The number of carbonyl (C=O) groups is 2. The van der Waals surface area contributed by atoms with Gasteiger partial charge in [0.25, 0.3) is 11.8 Å². The van der Waals surface area contributed by atoms with Gasteiger partial charge in [-0.2, -0.15) is 0 Å². The first-order valence-electron chi connectivity index (χ1n) is 8.26. The lowest BCUT2D eigenvalue weighted by molar-refractivity contribution is 0.0537. The molecule has 2 aromatic rings. The Kier molecular flexibility index (Phi) is 5.41. The number of amides is 2. The molecule has 1 saturated heterocycles. The monoisotopic (exact) mass is 375 g/mol. The highest BCUT2D eigenvalue weighted by molar-refractivity contribution is 7.13. The molecule has 1 fully saturated rings. The summed E-state index contributed by atoms with van der Waals surface area (Å²) in [7, 11) is 3.10. The van der Waals surface area contributed by atoms with Crippen LogP contribution in [0.5, 0.6) is 11.5 Å². The third kappa shape index (κ3) is 3.80. The molecule has 26 heavy (non-hydrogen) atoms. The average Bonchev–Trinajstić information content (AvgIpc) is 3.12. The number of methoxy groups -OCH3 is 2. The third-order valence-electron chi connectivity index (χ3n) is 4.28. The summed E-state index contributed by atoms with van der Waals surface area (Å²) < 4.78 is 10.5. The van der Waals surface area contributed by atoms with Crippen LogP contribution in [0.4, 0.5) is 0 Å². The normalized spacial score (nSPS) is 14.3. The number of rotatable bonds is 4. The molecule has 3 rings (SSSR count). The van der Waals surface area contributed by atoms with Gasteiger partial charge in [0.15, 0.2) is 0 Å². The van der Waals surface area contributed by atoms with Gasteiger partial charge in [-0.25, -0.2) is 4.98 Å². The number of benzene rings is 1. The molecule has 2 amide bonds. The summed E-state index contributed by atoms with van der Waals surface area (Å²) in [5.41, 5.74) is 0.513. The van der Waals surface area contributed by atoms with Gasteiger partial charge in [0.2, 0.25) is 0 Å². The fraction of sp³-hybridized carbons (Fsp3) is 0.389. The zero-order valence-corrected chi connectivity index (χ0v) is 15.8. The van der Waals surface area contributed by atoms with E-state index in [0.717, 1.165) is 5.01 Å². The minimum Gasteiger partial charge on any atom is -0.497 e. The van der Waals surface area contributed by atoms with Gasteiger partial charge >= 0.3 is 0 Å². The number of ether oxygens (including phenoxy) is 2. The Morgan fingerprint density at radius 2 is 1.50 bits per heavy atom. The van der Waals surface area contributed by atoms with Crippen LogP contribution in [0.15, 0.2) is 24.4 Å². The Morgan fingerprint density at radius 3 is 1.96 bits per heavy atom. The van der Waals surface area contributed by atoms with Crippen LogP contribution < -0.4 is 9.47 Å². The van der Waals surface area contributed by atoms with Gasteiger partial charge < -0.3 is 19.3 Å². The highest BCUT2D eigenvalue weighted by Crippen LogP contribution is 2.24. The second kappa shape index (κ2) is 7.74. The first-order valence-corrected chi connectivity index (χ1v) is 9.07. The number of nitrogens with zero attached hydrogens (tertiary/aromatic N) is 3.